The van der Waals surface area contributed by atoms with E-state index >= 15 is 0 Å². The van der Waals surface area contributed by atoms with Crippen molar-refractivity contribution < 1.29 is 23.9 Å². The molecule has 3 saturated heterocycles. The molecule has 5 rings (SSSR count). The van der Waals surface area contributed by atoms with Crippen molar-refractivity contribution in [3.8, 4) is 5.75 Å². The maximum absolute atomic E-state index is 13.4. The number of hydrogen-bond acceptors (Lipinski definition) is 6. The van der Waals surface area contributed by atoms with Crippen molar-refractivity contribution in [1.82, 2.24) is 14.7 Å². The summed E-state index contributed by atoms with van der Waals surface area (Å²) in [5.74, 6) is 1.64. The number of para-hydroxylation sites is 1. The lowest BCUT2D eigenvalue weighted by Crippen LogP contribution is -2.43. The van der Waals surface area contributed by atoms with E-state index in [9.17, 15) is 14.4 Å². The van der Waals surface area contributed by atoms with Crippen molar-refractivity contribution in [2.75, 3.05) is 63.9 Å². The van der Waals surface area contributed by atoms with Crippen molar-refractivity contribution in [2.24, 2.45) is 11.8 Å². The molecule has 0 aromatic heterocycles. The molecule has 3 fully saturated rings. The fraction of sp³-hybridized carbons (Fsp3) is 0.545. The van der Waals surface area contributed by atoms with Crippen LogP contribution in [0.2, 0.25) is 5.02 Å². The highest BCUT2D eigenvalue weighted by atomic mass is 35.5. The Bertz CT molecular complexity index is 1300. The van der Waals surface area contributed by atoms with Gasteiger partial charge in [0.25, 0.3) is 5.91 Å². The number of anilines is 1. The molecule has 9 nitrogen and oxygen atoms in total. The maximum Gasteiger partial charge on any atom is 0.414 e. The molecule has 10 heteroatoms. The first-order valence-electron chi connectivity index (χ1n) is 15.5. The third kappa shape index (κ3) is 7.44. The summed E-state index contributed by atoms with van der Waals surface area (Å²) in [6.07, 6.45) is 1.48. The molecule has 0 radical (unpaired) electrons. The highest BCUT2D eigenvalue weighted by molar-refractivity contribution is 6.31. The summed E-state index contributed by atoms with van der Waals surface area (Å²) < 4.78 is 11.6. The predicted octanol–water partition coefficient (Wildman–Crippen LogP) is 5.10. The van der Waals surface area contributed by atoms with Crippen LogP contribution in [-0.4, -0.2) is 97.7 Å². The second kappa shape index (κ2) is 14.0. The van der Waals surface area contributed by atoms with Gasteiger partial charge in [0.05, 0.1) is 12.2 Å². The number of benzene rings is 2. The van der Waals surface area contributed by atoms with Crippen LogP contribution in [0.15, 0.2) is 42.5 Å². The minimum Gasteiger partial charge on any atom is -0.493 e. The minimum atomic E-state index is -0.374. The number of halogens is 1. The molecule has 2 aromatic rings. The second-order valence-corrected chi connectivity index (χ2v) is 12.4. The monoisotopic (exact) mass is 610 g/mol. The van der Waals surface area contributed by atoms with E-state index in [2.05, 4.69) is 4.90 Å². The molecule has 2 atom stereocenters. The van der Waals surface area contributed by atoms with Gasteiger partial charge in [0.1, 0.15) is 11.9 Å². The van der Waals surface area contributed by atoms with Gasteiger partial charge in [-0.2, -0.15) is 0 Å². The number of nitrogens with zero attached hydrogens (tertiary/aromatic N) is 4. The molecule has 0 N–H and O–H groups in total. The number of carbonyl (C=O) groups excluding carboxylic acids is 3. The first-order chi connectivity index (χ1) is 20.7. The van der Waals surface area contributed by atoms with Crippen LogP contribution in [0.3, 0.4) is 0 Å². The Hall–Kier alpha value is -3.30. The van der Waals surface area contributed by atoms with Gasteiger partial charge in [-0.05, 0) is 68.5 Å². The van der Waals surface area contributed by atoms with Gasteiger partial charge < -0.3 is 24.2 Å². The van der Waals surface area contributed by atoms with Crippen LogP contribution in [-0.2, 0) is 9.53 Å². The van der Waals surface area contributed by atoms with Crippen LogP contribution < -0.4 is 9.64 Å². The lowest BCUT2D eigenvalue weighted by atomic mass is 10.0. The zero-order valence-electron chi connectivity index (χ0n) is 25.5. The van der Waals surface area contributed by atoms with Gasteiger partial charge in [-0.25, -0.2) is 4.79 Å². The highest BCUT2D eigenvalue weighted by Crippen LogP contribution is 2.33. The van der Waals surface area contributed by atoms with E-state index in [1.54, 1.807) is 16.7 Å². The predicted molar refractivity (Wildman–Crippen MR) is 167 cm³/mol. The number of aryl methyl sites for hydroxylation is 1. The average Bonchev–Trinajstić information content (AvgIpc) is 3.56. The van der Waals surface area contributed by atoms with Crippen molar-refractivity contribution >= 4 is 35.2 Å². The Morgan fingerprint density at radius 1 is 0.977 bits per heavy atom. The number of hydrogen-bond donors (Lipinski definition) is 0. The summed E-state index contributed by atoms with van der Waals surface area (Å²) in [7, 11) is 0. The van der Waals surface area contributed by atoms with Crippen LogP contribution in [0, 0.1) is 18.8 Å². The van der Waals surface area contributed by atoms with Crippen molar-refractivity contribution in [2.45, 2.75) is 46.1 Å². The molecule has 2 unspecified atom stereocenters. The third-order valence-corrected chi connectivity index (χ3v) is 9.37. The normalized spacial score (nSPS) is 20.7. The molecular formula is C33H43ClN4O5. The van der Waals surface area contributed by atoms with Gasteiger partial charge >= 0.3 is 6.09 Å². The van der Waals surface area contributed by atoms with Gasteiger partial charge in [-0.1, -0.05) is 29.8 Å². The molecule has 232 valence electrons. The van der Waals surface area contributed by atoms with Crippen LogP contribution in [0.5, 0.6) is 5.75 Å². The van der Waals surface area contributed by atoms with Gasteiger partial charge in [0.15, 0.2) is 0 Å². The van der Waals surface area contributed by atoms with Gasteiger partial charge in [-0.3, -0.25) is 14.5 Å². The summed E-state index contributed by atoms with van der Waals surface area (Å²) in [4.78, 5) is 46.3. The summed E-state index contributed by atoms with van der Waals surface area (Å²) in [6, 6.07) is 13.1. The molecule has 2 aromatic carbocycles. The number of likely N-dealkylation sites (tertiary alicyclic amines) is 3. The number of rotatable bonds is 9. The largest absolute Gasteiger partial charge is 0.493 e. The molecule has 3 aliphatic rings. The molecule has 3 aliphatic heterocycles. The standard InChI is InChI=1S/C33H43ClN4O5/c1-4-42-31-9-6-5-8-29(31)32(40)37-21-25-19-35(20-26(25)22-37)14-7-15-38(27-11-10-23(2)30(34)18-27)33(41)43-28-12-16-36(17-13-28)24(3)39/h5-6,8-11,18,25-26,28H,4,7,12-17,19-22H2,1-3H3. The zero-order chi connectivity index (χ0) is 30.5. The fourth-order valence-electron chi connectivity index (χ4n) is 6.56. The van der Waals surface area contributed by atoms with Crippen LogP contribution in [0.25, 0.3) is 0 Å². The van der Waals surface area contributed by atoms with Crippen LogP contribution in [0.1, 0.15) is 49.0 Å². The van der Waals surface area contributed by atoms with Gasteiger partial charge in [0.2, 0.25) is 5.91 Å². The minimum absolute atomic E-state index is 0.0443. The summed E-state index contributed by atoms with van der Waals surface area (Å²) in [5, 5.41) is 0.611. The first kappa shape index (κ1) is 31.1. The lowest BCUT2D eigenvalue weighted by Gasteiger charge is -2.32. The Labute approximate surface area is 259 Å². The number of piperidine rings is 1. The maximum atomic E-state index is 13.4. The number of fused-ring (bicyclic) bond motifs is 1. The summed E-state index contributed by atoms with van der Waals surface area (Å²) in [6.45, 7) is 11.9. The van der Waals surface area contributed by atoms with E-state index in [1.807, 2.05) is 61.2 Å². The molecule has 0 aliphatic carbocycles. The van der Waals surface area contributed by atoms with E-state index in [-0.39, 0.29) is 24.0 Å². The topological polar surface area (TPSA) is 82.6 Å². The molecule has 43 heavy (non-hydrogen) atoms. The highest BCUT2D eigenvalue weighted by Gasteiger charge is 2.42. The second-order valence-electron chi connectivity index (χ2n) is 11.9. The average molecular weight is 611 g/mol. The number of ether oxygens (including phenoxy) is 2. The Balaban J connectivity index is 1.14. The van der Waals surface area contributed by atoms with Crippen molar-refractivity contribution in [3.63, 3.8) is 0 Å². The van der Waals surface area contributed by atoms with Crippen molar-refractivity contribution in [3.05, 3.63) is 58.6 Å². The zero-order valence-corrected chi connectivity index (χ0v) is 26.2. The molecule has 3 heterocycles. The molecule has 3 amide bonds. The Morgan fingerprint density at radius 2 is 1.67 bits per heavy atom. The van der Waals surface area contributed by atoms with Gasteiger partial charge in [0, 0.05) is 76.3 Å². The van der Waals surface area contributed by atoms with E-state index in [4.69, 9.17) is 21.1 Å². The molecular weight excluding hydrogens is 568 g/mol. The van der Waals surface area contributed by atoms with Gasteiger partial charge in [-0.15, -0.1) is 0 Å². The lowest BCUT2D eigenvalue weighted by molar-refractivity contribution is -0.130. The SMILES string of the molecule is CCOc1ccccc1C(=O)N1CC2CN(CCCN(C(=O)OC3CCN(C(C)=O)CC3)c3ccc(C)c(Cl)c3)CC2C1. The Kier molecular flexibility index (Phi) is 10.1. The number of carbonyl (C=O) groups is 3. The van der Waals surface area contributed by atoms with E-state index in [0.717, 1.165) is 50.4 Å². The number of amides is 3. The van der Waals surface area contributed by atoms with Crippen molar-refractivity contribution in [1.29, 1.82) is 0 Å². The van der Waals surface area contributed by atoms with E-state index in [1.165, 1.54) is 0 Å². The van der Waals surface area contributed by atoms with E-state index < -0.39 is 0 Å². The van der Waals surface area contributed by atoms with E-state index in [0.29, 0.717) is 67.3 Å². The first-order valence-corrected chi connectivity index (χ1v) is 15.8. The fourth-order valence-corrected chi connectivity index (χ4v) is 6.73. The summed E-state index contributed by atoms with van der Waals surface area (Å²) in [5.41, 5.74) is 2.31. The van der Waals surface area contributed by atoms with Crippen LogP contribution >= 0.6 is 11.6 Å². The van der Waals surface area contributed by atoms with Crippen LogP contribution in [0.4, 0.5) is 10.5 Å². The quantitative estimate of drug-likeness (QED) is 0.393. The summed E-state index contributed by atoms with van der Waals surface area (Å²) >= 11 is 6.43. The molecule has 0 bridgehead atoms. The molecule has 0 spiro atoms. The smallest absolute Gasteiger partial charge is 0.414 e. The Morgan fingerprint density at radius 3 is 2.33 bits per heavy atom. The third-order valence-electron chi connectivity index (χ3n) is 8.96. The molecule has 0 saturated carbocycles.